The van der Waals surface area contributed by atoms with Crippen molar-refractivity contribution in [2.24, 2.45) is 5.92 Å². The van der Waals surface area contributed by atoms with Crippen molar-refractivity contribution in [3.63, 3.8) is 0 Å². The number of fused-ring (bicyclic) bond motifs is 3. The molecule has 1 radical (unpaired) electrons. The summed E-state index contributed by atoms with van der Waals surface area (Å²) in [6.45, 7) is 18.7. The molecule has 2 aromatic carbocycles. The summed E-state index contributed by atoms with van der Waals surface area (Å²) >= 11 is 0. The third-order valence-corrected chi connectivity index (χ3v) is 11.6. The second-order valence-electron chi connectivity index (χ2n) is 13.6. The molecule has 4 aromatic heterocycles. The second kappa shape index (κ2) is 13.8. The molecule has 4 nitrogen and oxygen atoms in total. The van der Waals surface area contributed by atoms with Crippen molar-refractivity contribution in [2.45, 2.75) is 59.6 Å². The van der Waals surface area contributed by atoms with Crippen molar-refractivity contribution in [2.75, 3.05) is 0 Å². The molecule has 0 unspecified atom stereocenters. The van der Waals surface area contributed by atoms with Crippen LogP contribution in [0.15, 0.2) is 89.6 Å². The summed E-state index contributed by atoms with van der Waals surface area (Å²) in [6.07, 6.45) is 8.31. The number of nitrogens with zero attached hydrogens (tertiary/aromatic N) is 3. The van der Waals surface area contributed by atoms with Gasteiger partial charge in [-0.1, -0.05) is 95.1 Å². The van der Waals surface area contributed by atoms with Gasteiger partial charge in [0.15, 0.2) is 0 Å². The number of aromatic nitrogens is 3. The normalized spacial score (nSPS) is 11.8. The van der Waals surface area contributed by atoms with Gasteiger partial charge in [-0.3, -0.25) is 0 Å². The van der Waals surface area contributed by atoms with Gasteiger partial charge in [-0.2, -0.15) is 0 Å². The van der Waals surface area contributed by atoms with E-state index in [9.17, 15) is 0 Å². The van der Waals surface area contributed by atoms with E-state index >= 15 is 0 Å². The average Bonchev–Trinajstić information content (AvgIpc) is 3.35. The summed E-state index contributed by atoms with van der Waals surface area (Å²) < 4.78 is 5.83. The number of hydrogen-bond acceptors (Lipinski definition) is 4. The predicted molar refractivity (Wildman–Crippen MR) is 187 cm³/mol. The van der Waals surface area contributed by atoms with Gasteiger partial charge in [0.1, 0.15) is 11.3 Å². The zero-order valence-corrected chi connectivity index (χ0v) is 31.3. The molecule has 0 bridgehead atoms. The van der Waals surface area contributed by atoms with Crippen LogP contribution in [0.3, 0.4) is 0 Å². The van der Waals surface area contributed by atoms with Crippen molar-refractivity contribution >= 4 is 48.6 Å². The zero-order chi connectivity index (χ0) is 30.8. The number of hydrogen-bond donors (Lipinski definition) is 0. The number of rotatable bonds is 6. The molecule has 0 fully saturated rings. The standard InChI is InChI=1S/C23H25N2OSi.C14H16NSi.Ir/c1-15(2)10-16-12-20(24-14-22(16)27(3,4)5)17-11-19-18-8-6-7-9-21(18)26-23(19)25-13-17;1-16(2,3)13-9-10-14(15-11-13)12-7-5-4-6-8-12;/h6-9,11-12,14-15H,10H2,1-5H3;4-7,9-11H,1-3H3;/q2*-1;. The Morgan fingerprint density at radius 3 is 2.11 bits per heavy atom. The maximum Gasteiger partial charge on any atom is 0.141 e. The Kier molecular flexibility index (Phi) is 10.6. The Labute approximate surface area is 277 Å². The van der Waals surface area contributed by atoms with Gasteiger partial charge in [0, 0.05) is 37.9 Å². The molecule has 6 rings (SSSR count). The molecule has 229 valence electrons. The molecule has 0 saturated heterocycles. The zero-order valence-electron chi connectivity index (χ0n) is 27.0. The van der Waals surface area contributed by atoms with Crippen LogP contribution in [-0.2, 0) is 26.5 Å². The average molecular weight is 792 g/mol. The first-order valence-corrected chi connectivity index (χ1v) is 22.0. The Morgan fingerprint density at radius 2 is 1.48 bits per heavy atom. The minimum Gasteiger partial charge on any atom is -0.483 e. The summed E-state index contributed by atoms with van der Waals surface area (Å²) in [4.78, 5) is 13.7. The number of para-hydroxylation sites is 1. The molecule has 0 aliphatic heterocycles. The quantitative estimate of drug-likeness (QED) is 0.125. The summed E-state index contributed by atoms with van der Waals surface area (Å²) in [6, 6.07) is 27.8. The van der Waals surface area contributed by atoms with E-state index in [0.717, 1.165) is 45.3 Å². The third-order valence-electron chi connectivity index (χ3n) is 7.50. The van der Waals surface area contributed by atoms with E-state index in [-0.39, 0.29) is 20.1 Å². The van der Waals surface area contributed by atoms with Crippen LogP contribution in [0.2, 0.25) is 39.3 Å². The van der Waals surface area contributed by atoms with Crippen LogP contribution in [0.5, 0.6) is 0 Å². The van der Waals surface area contributed by atoms with Gasteiger partial charge in [-0.25, -0.2) is 0 Å². The largest absolute Gasteiger partial charge is 0.483 e. The SMILES string of the molecule is CC(C)Cc1cc(-c2[c-]nc3oc4ccccc4c3c2)ncc1[Si](C)(C)C.C[Si](C)(C)c1ccc(-c2[c-]cccc2)nc1.[Ir]. The summed E-state index contributed by atoms with van der Waals surface area (Å²) in [5, 5.41) is 4.94. The molecular formula is C37H41IrN3OSi2-2. The van der Waals surface area contributed by atoms with E-state index in [2.05, 4.69) is 112 Å². The van der Waals surface area contributed by atoms with E-state index in [1.54, 1.807) is 0 Å². The molecule has 4 heterocycles. The van der Waals surface area contributed by atoms with Crippen LogP contribution < -0.4 is 10.4 Å². The minimum absolute atomic E-state index is 0. The van der Waals surface area contributed by atoms with Gasteiger partial charge in [-0.15, -0.1) is 47.5 Å². The van der Waals surface area contributed by atoms with E-state index in [0.29, 0.717) is 11.6 Å². The molecule has 6 aromatic rings. The summed E-state index contributed by atoms with van der Waals surface area (Å²) in [5.41, 5.74) is 6.81. The molecule has 0 atom stereocenters. The van der Waals surface area contributed by atoms with Crippen LogP contribution in [0.1, 0.15) is 19.4 Å². The van der Waals surface area contributed by atoms with Gasteiger partial charge in [0.05, 0.1) is 16.1 Å². The Hall–Kier alpha value is -3.23. The number of benzene rings is 2. The second-order valence-corrected chi connectivity index (χ2v) is 23.7. The Morgan fingerprint density at radius 1 is 0.750 bits per heavy atom. The molecule has 44 heavy (non-hydrogen) atoms. The van der Waals surface area contributed by atoms with Crippen molar-refractivity contribution in [3.8, 4) is 22.5 Å². The van der Waals surface area contributed by atoms with Gasteiger partial charge in [0.25, 0.3) is 0 Å². The summed E-state index contributed by atoms with van der Waals surface area (Å²) in [5.74, 6) is 0.609. The first kappa shape index (κ1) is 33.7. The van der Waals surface area contributed by atoms with Crippen LogP contribution in [0, 0.1) is 18.2 Å². The molecule has 0 amide bonds. The number of furan rings is 1. The molecule has 0 aliphatic carbocycles. The van der Waals surface area contributed by atoms with Crippen LogP contribution in [-0.4, -0.2) is 31.1 Å². The fourth-order valence-electron chi connectivity index (χ4n) is 5.17. The smallest absolute Gasteiger partial charge is 0.141 e. The first-order chi connectivity index (χ1) is 20.4. The fraction of sp³-hybridized carbons (Fsp3) is 0.270. The first-order valence-electron chi connectivity index (χ1n) is 15.0. The maximum absolute atomic E-state index is 5.83. The molecule has 7 heteroatoms. The van der Waals surface area contributed by atoms with Gasteiger partial charge in [0.2, 0.25) is 0 Å². The van der Waals surface area contributed by atoms with Crippen LogP contribution in [0.4, 0.5) is 0 Å². The molecular weight excluding hydrogens is 751 g/mol. The molecule has 0 N–H and O–H groups in total. The van der Waals surface area contributed by atoms with E-state index in [1.807, 2.05) is 48.7 Å². The Balaban J connectivity index is 0.000000223. The van der Waals surface area contributed by atoms with Crippen LogP contribution >= 0.6 is 0 Å². The van der Waals surface area contributed by atoms with E-state index < -0.39 is 16.1 Å². The van der Waals surface area contributed by atoms with Crippen molar-refractivity contribution in [1.82, 2.24) is 15.0 Å². The summed E-state index contributed by atoms with van der Waals surface area (Å²) in [7, 11) is -2.67. The molecule has 0 aliphatic rings. The van der Waals surface area contributed by atoms with Crippen molar-refractivity contribution in [1.29, 1.82) is 0 Å². The third kappa shape index (κ3) is 7.88. The topological polar surface area (TPSA) is 51.8 Å². The number of pyridine rings is 3. The Bertz CT molecular complexity index is 1840. The molecule has 0 saturated carbocycles. The van der Waals surface area contributed by atoms with Crippen LogP contribution in [0.25, 0.3) is 44.6 Å². The van der Waals surface area contributed by atoms with Crippen molar-refractivity contribution in [3.05, 3.63) is 103 Å². The monoisotopic (exact) mass is 792 g/mol. The van der Waals surface area contributed by atoms with Gasteiger partial charge < -0.3 is 19.4 Å². The molecule has 0 spiro atoms. The maximum atomic E-state index is 5.83. The fourth-order valence-corrected chi connectivity index (χ4v) is 7.80. The predicted octanol–water partition coefficient (Wildman–Crippen LogP) is 8.68. The van der Waals surface area contributed by atoms with Crippen molar-refractivity contribution < 1.29 is 24.5 Å². The van der Waals surface area contributed by atoms with Gasteiger partial charge in [-0.05, 0) is 51.7 Å². The van der Waals surface area contributed by atoms with Gasteiger partial charge >= 0.3 is 0 Å². The van der Waals surface area contributed by atoms with E-state index in [4.69, 9.17) is 9.40 Å². The minimum atomic E-state index is -1.44. The van der Waals surface area contributed by atoms with E-state index in [1.165, 1.54) is 15.9 Å².